The number of nitrogens with one attached hydrogen (secondary N) is 1. The zero-order chi connectivity index (χ0) is 30.3. The highest BCUT2D eigenvalue weighted by molar-refractivity contribution is 7.92. The number of ether oxygens (including phenoxy) is 1. The molecule has 9 nitrogen and oxygen atoms in total. The SMILES string of the molecule is Cc1ccc(S(=O)(=O)N(CC(=O)NCCOc2ccc(S(=O)(=O)N3CCCCC3)cc2)c2ccc(C(C)C)cc2)cc1. The van der Waals surface area contributed by atoms with E-state index in [4.69, 9.17) is 4.74 Å². The number of carbonyl (C=O) groups excluding carboxylic acids is 1. The number of hydrogen-bond acceptors (Lipinski definition) is 6. The van der Waals surface area contributed by atoms with Crippen LogP contribution in [0.2, 0.25) is 0 Å². The van der Waals surface area contributed by atoms with Gasteiger partial charge in [-0.3, -0.25) is 9.10 Å². The van der Waals surface area contributed by atoms with E-state index in [1.165, 1.54) is 28.6 Å². The van der Waals surface area contributed by atoms with Crippen molar-refractivity contribution in [3.8, 4) is 5.75 Å². The second kappa shape index (κ2) is 13.7. The first kappa shape index (κ1) is 31.5. The lowest BCUT2D eigenvalue weighted by molar-refractivity contribution is -0.119. The Balaban J connectivity index is 1.37. The van der Waals surface area contributed by atoms with Crippen LogP contribution < -0.4 is 14.4 Å². The van der Waals surface area contributed by atoms with Gasteiger partial charge in [0.25, 0.3) is 10.0 Å². The molecule has 1 saturated heterocycles. The standard InChI is InChI=1S/C31H39N3O6S2/c1-24(2)26-9-11-27(12-10-26)34(42(38,39)30-15-7-25(3)8-16-30)23-31(35)32-19-22-40-28-13-17-29(18-14-28)41(36,37)33-20-5-4-6-21-33/h7-18,24H,4-6,19-23H2,1-3H3,(H,32,35). The van der Waals surface area contributed by atoms with Crippen molar-refractivity contribution in [2.24, 2.45) is 0 Å². The molecule has 1 fully saturated rings. The molecule has 0 unspecified atom stereocenters. The van der Waals surface area contributed by atoms with Crippen LogP contribution in [0.25, 0.3) is 0 Å². The summed E-state index contributed by atoms with van der Waals surface area (Å²) < 4.78 is 61.2. The molecule has 1 amide bonds. The van der Waals surface area contributed by atoms with Gasteiger partial charge in [-0.2, -0.15) is 4.31 Å². The van der Waals surface area contributed by atoms with Crippen molar-refractivity contribution < 1.29 is 26.4 Å². The Morgan fingerprint density at radius 3 is 2.05 bits per heavy atom. The van der Waals surface area contributed by atoms with Crippen LogP contribution >= 0.6 is 0 Å². The van der Waals surface area contributed by atoms with E-state index in [9.17, 15) is 21.6 Å². The molecule has 4 rings (SSSR count). The summed E-state index contributed by atoms with van der Waals surface area (Å²) in [6.07, 6.45) is 2.78. The van der Waals surface area contributed by atoms with Crippen molar-refractivity contribution >= 4 is 31.6 Å². The number of aryl methyl sites for hydroxylation is 1. The third-order valence-corrected chi connectivity index (χ3v) is 10.9. The summed E-state index contributed by atoms with van der Waals surface area (Å²) >= 11 is 0. The third kappa shape index (κ3) is 7.70. The molecule has 0 bridgehead atoms. The number of sulfonamides is 2. The minimum absolute atomic E-state index is 0.0999. The molecule has 0 radical (unpaired) electrons. The van der Waals surface area contributed by atoms with Crippen LogP contribution in [0.5, 0.6) is 5.75 Å². The summed E-state index contributed by atoms with van der Waals surface area (Å²) in [5.74, 6) is 0.264. The van der Waals surface area contributed by atoms with E-state index >= 15 is 0 Å². The lowest BCUT2D eigenvalue weighted by Crippen LogP contribution is -2.41. The van der Waals surface area contributed by atoms with Gasteiger partial charge in [-0.15, -0.1) is 0 Å². The van der Waals surface area contributed by atoms with Crippen molar-refractivity contribution in [1.82, 2.24) is 9.62 Å². The molecule has 1 N–H and O–H groups in total. The molecule has 0 aliphatic carbocycles. The van der Waals surface area contributed by atoms with Gasteiger partial charge in [0.15, 0.2) is 0 Å². The minimum Gasteiger partial charge on any atom is -0.492 e. The Bertz CT molecular complexity index is 1550. The number of carbonyl (C=O) groups is 1. The summed E-state index contributed by atoms with van der Waals surface area (Å²) in [5.41, 5.74) is 2.38. The molecule has 226 valence electrons. The van der Waals surface area contributed by atoms with E-state index in [0.717, 1.165) is 34.7 Å². The Hall–Kier alpha value is -3.41. The van der Waals surface area contributed by atoms with Crippen LogP contribution in [0, 0.1) is 6.92 Å². The average molecular weight is 614 g/mol. The van der Waals surface area contributed by atoms with Crippen molar-refractivity contribution in [2.75, 3.05) is 37.1 Å². The summed E-state index contributed by atoms with van der Waals surface area (Å²) in [7, 11) is -7.53. The largest absolute Gasteiger partial charge is 0.492 e. The minimum atomic E-state index is -4.01. The van der Waals surface area contributed by atoms with Crippen LogP contribution in [0.15, 0.2) is 82.6 Å². The molecule has 1 aliphatic heterocycles. The Kier molecular flexibility index (Phi) is 10.3. The molecule has 42 heavy (non-hydrogen) atoms. The summed E-state index contributed by atoms with van der Waals surface area (Å²) in [6, 6.07) is 19.9. The number of amides is 1. The number of hydrogen-bond donors (Lipinski definition) is 1. The summed E-state index contributed by atoms with van der Waals surface area (Å²) in [6.45, 7) is 6.91. The molecular weight excluding hydrogens is 574 g/mol. The van der Waals surface area contributed by atoms with Crippen LogP contribution in [0.1, 0.15) is 50.2 Å². The van der Waals surface area contributed by atoms with Crippen LogP contribution in [0.3, 0.4) is 0 Å². The number of piperidine rings is 1. The maximum atomic E-state index is 13.6. The number of benzene rings is 3. The van der Waals surface area contributed by atoms with E-state index in [2.05, 4.69) is 19.2 Å². The second-order valence-electron chi connectivity index (χ2n) is 10.7. The van der Waals surface area contributed by atoms with Gasteiger partial charge < -0.3 is 10.1 Å². The molecule has 0 saturated carbocycles. The Morgan fingerprint density at radius 1 is 0.857 bits per heavy atom. The highest BCUT2D eigenvalue weighted by atomic mass is 32.2. The Labute approximate surface area is 249 Å². The normalized spacial score (nSPS) is 14.5. The quantitative estimate of drug-likeness (QED) is 0.297. The van der Waals surface area contributed by atoms with Crippen molar-refractivity contribution in [3.63, 3.8) is 0 Å². The van der Waals surface area contributed by atoms with Gasteiger partial charge in [0.05, 0.1) is 22.0 Å². The van der Waals surface area contributed by atoms with Crippen molar-refractivity contribution in [2.45, 2.75) is 55.7 Å². The molecule has 0 aromatic heterocycles. The average Bonchev–Trinajstić information content (AvgIpc) is 2.99. The predicted molar refractivity (Wildman–Crippen MR) is 164 cm³/mol. The van der Waals surface area contributed by atoms with Crippen LogP contribution in [-0.2, 0) is 24.8 Å². The van der Waals surface area contributed by atoms with Gasteiger partial charge in [-0.1, -0.05) is 50.1 Å². The van der Waals surface area contributed by atoms with Gasteiger partial charge in [0.2, 0.25) is 15.9 Å². The third-order valence-electron chi connectivity index (χ3n) is 7.21. The molecule has 1 heterocycles. The fraction of sp³-hybridized carbons (Fsp3) is 0.387. The first-order chi connectivity index (χ1) is 20.0. The molecule has 3 aromatic carbocycles. The lowest BCUT2D eigenvalue weighted by Gasteiger charge is -2.25. The lowest BCUT2D eigenvalue weighted by atomic mass is 10.0. The van der Waals surface area contributed by atoms with Gasteiger partial charge in [0, 0.05) is 13.1 Å². The molecule has 0 atom stereocenters. The zero-order valence-corrected chi connectivity index (χ0v) is 26.0. The first-order valence-corrected chi connectivity index (χ1v) is 17.1. The first-order valence-electron chi connectivity index (χ1n) is 14.2. The summed E-state index contributed by atoms with van der Waals surface area (Å²) in [4.78, 5) is 13.2. The topological polar surface area (TPSA) is 113 Å². The van der Waals surface area contributed by atoms with Gasteiger partial charge >= 0.3 is 0 Å². The van der Waals surface area contributed by atoms with Gasteiger partial charge in [0.1, 0.15) is 18.9 Å². The highest BCUT2D eigenvalue weighted by Gasteiger charge is 2.28. The van der Waals surface area contributed by atoms with E-state index < -0.39 is 32.5 Å². The monoisotopic (exact) mass is 613 g/mol. The smallest absolute Gasteiger partial charge is 0.264 e. The van der Waals surface area contributed by atoms with E-state index in [1.807, 2.05) is 19.1 Å². The van der Waals surface area contributed by atoms with Crippen LogP contribution in [-0.4, -0.2) is 59.8 Å². The fourth-order valence-electron chi connectivity index (χ4n) is 4.69. The fourth-order valence-corrected chi connectivity index (χ4v) is 7.62. The van der Waals surface area contributed by atoms with Gasteiger partial charge in [-0.25, -0.2) is 16.8 Å². The van der Waals surface area contributed by atoms with Crippen LogP contribution in [0.4, 0.5) is 5.69 Å². The highest BCUT2D eigenvalue weighted by Crippen LogP contribution is 2.26. The number of anilines is 1. The molecule has 0 spiro atoms. The van der Waals surface area contributed by atoms with E-state index in [0.29, 0.717) is 24.5 Å². The Morgan fingerprint density at radius 2 is 1.45 bits per heavy atom. The van der Waals surface area contributed by atoms with E-state index in [1.54, 1.807) is 36.4 Å². The zero-order valence-electron chi connectivity index (χ0n) is 24.3. The maximum absolute atomic E-state index is 13.6. The molecule has 3 aromatic rings. The van der Waals surface area contributed by atoms with Gasteiger partial charge in [-0.05, 0) is 79.8 Å². The molecular formula is C31H39N3O6S2. The molecule has 1 aliphatic rings. The molecule has 11 heteroatoms. The number of rotatable bonds is 12. The summed E-state index contributed by atoms with van der Waals surface area (Å²) in [5, 5.41) is 2.72. The second-order valence-corrected chi connectivity index (χ2v) is 14.5. The predicted octanol–water partition coefficient (Wildman–Crippen LogP) is 4.68. The van der Waals surface area contributed by atoms with Crippen molar-refractivity contribution in [1.29, 1.82) is 0 Å². The van der Waals surface area contributed by atoms with Crippen molar-refractivity contribution in [3.05, 3.63) is 83.9 Å². The maximum Gasteiger partial charge on any atom is 0.264 e. The number of nitrogens with zero attached hydrogens (tertiary/aromatic N) is 2. The van der Waals surface area contributed by atoms with E-state index in [-0.39, 0.29) is 28.9 Å².